The number of nitrogens with two attached hydrogens (primary N) is 1. The molecule has 2 N–H and O–H groups in total. The molecule has 1 aromatic rings. The van der Waals surface area contributed by atoms with E-state index in [2.05, 4.69) is 24.8 Å². The molecule has 0 aliphatic carbocycles. The van der Waals surface area contributed by atoms with Gasteiger partial charge in [-0.1, -0.05) is 13.8 Å². The van der Waals surface area contributed by atoms with Crippen molar-refractivity contribution in [2.45, 2.75) is 31.9 Å². The fourth-order valence-electron chi connectivity index (χ4n) is 2.52. The number of methoxy groups -OCH3 is 1. The summed E-state index contributed by atoms with van der Waals surface area (Å²) < 4.78 is 5.14. The number of carbonyl (C=O) groups excluding carboxylic acids is 1. The van der Waals surface area contributed by atoms with E-state index < -0.39 is 0 Å². The number of anilines is 2. The van der Waals surface area contributed by atoms with Crippen LogP contribution in [0.25, 0.3) is 0 Å². The number of nitrogen functional groups attached to an aromatic ring is 1. The van der Waals surface area contributed by atoms with Gasteiger partial charge in [-0.25, -0.2) is 4.79 Å². The Hall–Kier alpha value is -1.36. The first-order valence-corrected chi connectivity index (χ1v) is 8.20. The maximum Gasteiger partial charge on any atom is 0.340 e. The molecule has 1 aromatic carbocycles. The second-order valence-electron chi connectivity index (χ2n) is 6.06. The first kappa shape index (κ1) is 16.0. The maximum atomic E-state index is 11.9. The SMILES string of the molecule is COC(=O)c1cc(N2CCSC(C)(C)CC2)cc(C)c1N. The van der Waals surface area contributed by atoms with Gasteiger partial charge in [0, 0.05) is 35.0 Å². The minimum Gasteiger partial charge on any atom is -0.465 e. The lowest BCUT2D eigenvalue weighted by atomic mass is 10.1. The van der Waals surface area contributed by atoms with Crippen molar-refractivity contribution in [1.29, 1.82) is 0 Å². The van der Waals surface area contributed by atoms with Gasteiger partial charge in [0.15, 0.2) is 0 Å². The quantitative estimate of drug-likeness (QED) is 0.672. The molecule has 0 bridgehead atoms. The molecule has 0 saturated carbocycles. The summed E-state index contributed by atoms with van der Waals surface area (Å²) in [6.07, 6.45) is 1.12. The topological polar surface area (TPSA) is 55.6 Å². The molecule has 0 amide bonds. The number of thioether (sulfide) groups is 1. The Kier molecular flexibility index (Phi) is 4.71. The summed E-state index contributed by atoms with van der Waals surface area (Å²) in [5.41, 5.74) is 8.96. The van der Waals surface area contributed by atoms with Crippen LogP contribution < -0.4 is 10.6 Å². The van der Waals surface area contributed by atoms with E-state index in [0.29, 0.717) is 16.0 Å². The molecular formula is C16H24N2O2S. The first-order valence-electron chi connectivity index (χ1n) is 7.21. The van der Waals surface area contributed by atoms with E-state index in [-0.39, 0.29) is 5.97 Å². The second kappa shape index (κ2) is 6.18. The van der Waals surface area contributed by atoms with Crippen LogP contribution in [0.5, 0.6) is 0 Å². The van der Waals surface area contributed by atoms with E-state index in [1.54, 1.807) is 0 Å². The van der Waals surface area contributed by atoms with Crippen LogP contribution in [-0.2, 0) is 4.74 Å². The molecule has 0 radical (unpaired) electrons. The monoisotopic (exact) mass is 308 g/mol. The van der Waals surface area contributed by atoms with E-state index in [1.165, 1.54) is 7.11 Å². The molecule has 1 aliphatic heterocycles. The maximum absolute atomic E-state index is 11.9. The minimum absolute atomic E-state index is 0.308. The van der Waals surface area contributed by atoms with Gasteiger partial charge in [-0.2, -0.15) is 11.8 Å². The number of rotatable bonds is 2. The third kappa shape index (κ3) is 3.64. The molecule has 0 aromatic heterocycles. The molecule has 5 heteroatoms. The van der Waals surface area contributed by atoms with Crippen molar-refractivity contribution < 1.29 is 9.53 Å². The van der Waals surface area contributed by atoms with Crippen molar-refractivity contribution in [2.75, 3.05) is 36.6 Å². The minimum atomic E-state index is -0.373. The van der Waals surface area contributed by atoms with Gasteiger partial charge >= 0.3 is 5.97 Å². The highest BCUT2D eigenvalue weighted by Gasteiger charge is 2.24. The van der Waals surface area contributed by atoms with Crippen LogP contribution in [0.3, 0.4) is 0 Å². The van der Waals surface area contributed by atoms with Gasteiger partial charge in [-0.15, -0.1) is 0 Å². The zero-order valence-electron chi connectivity index (χ0n) is 13.2. The normalized spacial score (nSPS) is 18.2. The summed E-state index contributed by atoms with van der Waals surface area (Å²) in [6.45, 7) is 8.48. The number of carbonyl (C=O) groups is 1. The van der Waals surface area contributed by atoms with Crippen molar-refractivity contribution in [3.8, 4) is 0 Å². The highest BCUT2D eigenvalue weighted by Crippen LogP contribution is 2.33. The molecule has 0 unspecified atom stereocenters. The van der Waals surface area contributed by atoms with Crippen molar-refractivity contribution in [2.24, 2.45) is 0 Å². The van der Waals surface area contributed by atoms with Crippen LogP contribution in [0, 0.1) is 6.92 Å². The van der Waals surface area contributed by atoms with Crippen LogP contribution in [-0.4, -0.2) is 36.7 Å². The summed E-state index contributed by atoms with van der Waals surface area (Å²) in [5.74, 6) is 0.714. The predicted molar refractivity (Wildman–Crippen MR) is 90.3 cm³/mol. The average Bonchev–Trinajstić information content (AvgIpc) is 2.62. The number of hydrogen-bond acceptors (Lipinski definition) is 5. The van der Waals surface area contributed by atoms with Gasteiger partial charge in [-0.05, 0) is 31.0 Å². The van der Waals surface area contributed by atoms with Crippen molar-refractivity contribution in [1.82, 2.24) is 0 Å². The number of hydrogen-bond donors (Lipinski definition) is 1. The van der Waals surface area contributed by atoms with Crippen LogP contribution in [0.1, 0.15) is 36.2 Å². The molecule has 2 rings (SSSR count). The molecule has 1 fully saturated rings. The Bertz CT molecular complexity index is 543. The smallest absolute Gasteiger partial charge is 0.340 e. The molecule has 4 nitrogen and oxygen atoms in total. The number of esters is 1. The lowest BCUT2D eigenvalue weighted by Gasteiger charge is -2.25. The van der Waals surface area contributed by atoms with Gasteiger partial charge in [0.1, 0.15) is 0 Å². The van der Waals surface area contributed by atoms with E-state index >= 15 is 0 Å². The van der Waals surface area contributed by atoms with Gasteiger partial charge in [0.05, 0.1) is 12.7 Å². The van der Waals surface area contributed by atoms with Crippen LogP contribution in [0.15, 0.2) is 12.1 Å². The fraction of sp³-hybridized carbons (Fsp3) is 0.562. The summed E-state index contributed by atoms with van der Waals surface area (Å²) in [7, 11) is 1.38. The molecule has 116 valence electrons. The zero-order valence-corrected chi connectivity index (χ0v) is 14.0. The lowest BCUT2D eigenvalue weighted by Crippen LogP contribution is -2.27. The van der Waals surface area contributed by atoms with Crippen LogP contribution in [0.4, 0.5) is 11.4 Å². The number of aryl methyl sites for hydroxylation is 1. The Balaban J connectivity index is 2.31. The van der Waals surface area contributed by atoms with E-state index in [1.807, 2.05) is 24.8 Å². The van der Waals surface area contributed by atoms with E-state index in [9.17, 15) is 4.79 Å². The summed E-state index contributed by atoms with van der Waals surface area (Å²) in [5, 5.41) is 0. The van der Waals surface area contributed by atoms with Crippen molar-refractivity contribution >= 4 is 29.1 Å². The predicted octanol–water partition coefficient (Wildman–Crippen LogP) is 3.09. The third-order valence-corrected chi connectivity index (χ3v) is 5.35. The molecular weight excluding hydrogens is 284 g/mol. The first-order chi connectivity index (χ1) is 9.84. The van der Waals surface area contributed by atoms with Gasteiger partial charge in [0.2, 0.25) is 0 Å². The number of ether oxygens (including phenoxy) is 1. The van der Waals surface area contributed by atoms with Crippen LogP contribution in [0.2, 0.25) is 0 Å². The number of nitrogens with zero attached hydrogens (tertiary/aromatic N) is 1. The Morgan fingerprint density at radius 2 is 2.10 bits per heavy atom. The molecule has 1 saturated heterocycles. The largest absolute Gasteiger partial charge is 0.465 e. The van der Waals surface area contributed by atoms with Crippen LogP contribution >= 0.6 is 11.8 Å². The van der Waals surface area contributed by atoms with Gasteiger partial charge in [0.25, 0.3) is 0 Å². The molecule has 0 atom stereocenters. The van der Waals surface area contributed by atoms with Crippen molar-refractivity contribution in [3.05, 3.63) is 23.3 Å². The Labute approximate surface area is 131 Å². The summed E-state index contributed by atoms with van der Waals surface area (Å²) in [6, 6.07) is 3.92. The van der Waals surface area contributed by atoms with Gasteiger partial charge in [-0.3, -0.25) is 0 Å². The Morgan fingerprint density at radius 3 is 2.76 bits per heavy atom. The lowest BCUT2D eigenvalue weighted by molar-refractivity contribution is 0.0602. The molecule has 0 spiro atoms. The van der Waals surface area contributed by atoms with Gasteiger partial charge < -0.3 is 15.4 Å². The molecule has 21 heavy (non-hydrogen) atoms. The standard InChI is InChI=1S/C16H24N2O2S/c1-11-9-12(10-13(14(11)17)15(19)20-4)18-6-5-16(2,3)21-8-7-18/h9-10H,5-8,17H2,1-4H3. The van der Waals surface area contributed by atoms with E-state index in [0.717, 1.165) is 36.5 Å². The summed E-state index contributed by atoms with van der Waals surface area (Å²) in [4.78, 5) is 14.2. The second-order valence-corrected chi connectivity index (χ2v) is 7.86. The Morgan fingerprint density at radius 1 is 1.38 bits per heavy atom. The molecule has 1 heterocycles. The molecule has 1 aliphatic rings. The average molecular weight is 308 g/mol. The third-order valence-electron chi connectivity index (χ3n) is 3.98. The van der Waals surface area contributed by atoms with E-state index in [4.69, 9.17) is 10.5 Å². The highest BCUT2D eigenvalue weighted by atomic mass is 32.2. The zero-order chi connectivity index (χ0) is 15.6. The van der Waals surface area contributed by atoms with Crippen molar-refractivity contribution in [3.63, 3.8) is 0 Å². The summed E-state index contributed by atoms with van der Waals surface area (Å²) >= 11 is 2.00. The highest BCUT2D eigenvalue weighted by molar-refractivity contribution is 8.00. The fourth-order valence-corrected chi connectivity index (χ4v) is 3.62. The number of benzene rings is 1.